The number of rotatable bonds is 6. The largest absolute Gasteiger partial charge is 0.312 e. The molecular weight excluding hydrogens is 340 g/mol. The number of thioether (sulfide) groups is 1. The molecule has 0 aliphatic rings. The van der Waals surface area contributed by atoms with Crippen molar-refractivity contribution >= 4 is 39.0 Å². The Morgan fingerprint density at radius 1 is 1.42 bits per heavy atom. The van der Waals surface area contributed by atoms with Gasteiger partial charge in [-0.3, -0.25) is 0 Å². The van der Waals surface area contributed by atoms with Gasteiger partial charge < -0.3 is 5.32 Å². The van der Waals surface area contributed by atoms with Crippen LogP contribution >= 0.6 is 39.0 Å². The van der Waals surface area contributed by atoms with E-state index in [-0.39, 0.29) is 0 Å². The van der Waals surface area contributed by atoms with Crippen molar-refractivity contribution in [1.82, 2.24) is 10.3 Å². The van der Waals surface area contributed by atoms with Crippen molar-refractivity contribution < 1.29 is 0 Å². The number of hydrogen-bond donors (Lipinski definition) is 1. The van der Waals surface area contributed by atoms with Gasteiger partial charge in [0.2, 0.25) is 0 Å². The van der Waals surface area contributed by atoms with Gasteiger partial charge >= 0.3 is 0 Å². The monoisotopic (exact) mass is 356 g/mol. The molecule has 0 aliphatic heterocycles. The van der Waals surface area contributed by atoms with Gasteiger partial charge in [0.05, 0.1) is 11.4 Å². The quantitative estimate of drug-likeness (QED) is 0.764. The second-order valence-electron chi connectivity index (χ2n) is 4.14. The molecule has 2 nitrogen and oxygen atoms in total. The average Bonchev–Trinajstić information content (AvgIpc) is 2.75. The van der Waals surface area contributed by atoms with Crippen LogP contribution in [0.2, 0.25) is 0 Å². The molecule has 0 amide bonds. The maximum Gasteiger partial charge on any atom is 0.103 e. The standard InChI is InChI=1S/C14H17BrN2S2/c1-3-16-8-13-10(2)17-14(19-13)9-18-12-6-4-5-11(15)7-12/h4-7,16H,3,8-9H2,1-2H3. The lowest BCUT2D eigenvalue weighted by Crippen LogP contribution is -2.11. The number of thiazole rings is 1. The Morgan fingerprint density at radius 2 is 2.26 bits per heavy atom. The zero-order chi connectivity index (χ0) is 13.7. The summed E-state index contributed by atoms with van der Waals surface area (Å²) in [6, 6.07) is 8.39. The van der Waals surface area contributed by atoms with Gasteiger partial charge in [0.15, 0.2) is 0 Å². The molecule has 1 N–H and O–H groups in total. The molecule has 0 radical (unpaired) electrons. The number of aryl methyl sites for hydroxylation is 1. The third-order valence-corrected chi connectivity index (χ3v) is 5.47. The summed E-state index contributed by atoms with van der Waals surface area (Å²) in [6.07, 6.45) is 0. The predicted molar refractivity (Wildman–Crippen MR) is 87.9 cm³/mol. The molecule has 0 fully saturated rings. The smallest absolute Gasteiger partial charge is 0.103 e. The maximum atomic E-state index is 4.65. The van der Waals surface area contributed by atoms with E-state index < -0.39 is 0 Å². The Labute approximate surface area is 131 Å². The van der Waals surface area contributed by atoms with Crippen LogP contribution in [-0.4, -0.2) is 11.5 Å². The number of nitrogens with zero attached hydrogens (tertiary/aromatic N) is 1. The molecule has 0 saturated carbocycles. The van der Waals surface area contributed by atoms with Crippen molar-refractivity contribution in [3.8, 4) is 0 Å². The zero-order valence-corrected chi connectivity index (χ0v) is 14.3. The first-order valence-electron chi connectivity index (χ1n) is 6.23. The third kappa shape index (κ3) is 4.60. The number of benzene rings is 1. The van der Waals surface area contributed by atoms with E-state index in [1.54, 1.807) is 0 Å². The molecule has 0 spiro atoms. The highest BCUT2D eigenvalue weighted by Gasteiger charge is 2.07. The summed E-state index contributed by atoms with van der Waals surface area (Å²) in [4.78, 5) is 7.27. The van der Waals surface area contributed by atoms with Crippen LogP contribution in [0.15, 0.2) is 33.6 Å². The van der Waals surface area contributed by atoms with Crippen molar-refractivity contribution in [3.63, 3.8) is 0 Å². The van der Waals surface area contributed by atoms with Crippen LogP contribution in [0.4, 0.5) is 0 Å². The molecule has 2 rings (SSSR count). The molecule has 102 valence electrons. The number of hydrogen-bond acceptors (Lipinski definition) is 4. The van der Waals surface area contributed by atoms with Crippen molar-refractivity contribution in [3.05, 3.63) is 44.3 Å². The molecule has 1 aromatic heterocycles. The first-order chi connectivity index (χ1) is 9.19. The summed E-state index contributed by atoms with van der Waals surface area (Å²) in [5, 5.41) is 4.56. The van der Waals surface area contributed by atoms with Crippen LogP contribution in [0.1, 0.15) is 22.5 Å². The number of aromatic nitrogens is 1. The first-order valence-corrected chi connectivity index (χ1v) is 8.83. The van der Waals surface area contributed by atoms with E-state index in [1.165, 1.54) is 14.8 Å². The normalized spacial score (nSPS) is 10.9. The molecule has 0 atom stereocenters. The van der Waals surface area contributed by atoms with Gasteiger partial charge in [0.1, 0.15) is 5.01 Å². The topological polar surface area (TPSA) is 24.9 Å². The first kappa shape index (κ1) is 15.0. The van der Waals surface area contributed by atoms with Crippen LogP contribution < -0.4 is 5.32 Å². The minimum Gasteiger partial charge on any atom is -0.312 e. The minimum atomic E-state index is 0.932. The predicted octanol–water partition coefficient (Wildman–Crippen LogP) is 4.62. The van der Waals surface area contributed by atoms with Crippen molar-refractivity contribution in [2.24, 2.45) is 0 Å². The molecule has 5 heteroatoms. The van der Waals surface area contributed by atoms with Gasteiger partial charge in [-0.15, -0.1) is 23.1 Å². The highest BCUT2D eigenvalue weighted by molar-refractivity contribution is 9.10. The molecule has 0 unspecified atom stereocenters. The zero-order valence-electron chi connectivity index (χ0n) is 11.1. The van der Waals surface area contributed by atoms with Gasteiger partial charge in [-0.1, -0.05) is 28.9 Å². The fourth-order valence-corrected chi connectivity index (χ4v) is 4.19. The van der Waals surface area contributed by atoms with E-state index >= 15 is 0 Å². The molecule has 1 heterocycles. The maximum absolute atomic E-state index is 4.65. The van der Waals surface area contributed by atoms with Gasteiger partial charge in [0.25, 0.3) is 0 Å². The van der Waals surface area contributed by atoms with Crippen LogP contribution in [0.5, 0.6) is 0 Å². The summed E-state index contributed by atoms with van der Waals surface area (Å²) in [6.45, 7) is 6.15. The summed E-state index contributed by atoms with van der Waals surface area (Å²) in [5.41, 5.74) is 1.16. The van der Waals surface area contributed by atoms with Gasteiger partial charge in [0, 0.05) is 20.8 Å². The van der Waals surface area contributed by atoms with Crippen LogP contribution in [0.3, 0.4) is 0 Å². The van der Waals surface area contributed by atoms with Crippen molar-refractivity contribution in [1.29, 1.82) is 0 Å². The van der Waals surface area contributed by atoms with E-state index in [9.17, 15) is 0 Å². The Bertz CT molecular complexity index is 540. The van der Waals surface area contributed by atoms with E-state index in [1.807, 2.05) is 29.2 Å². The fourth-order valence-electron chi connectivity index (χ4n) is 1.65. The van der Waals surface area contributed by atoms with Crippen LogP contribution in [0, 0.1) is 6.92 Å². The Morgan fingerprint density at radius 3 is 3.00 bits per heavy atom. The lowest BCUT2D eigenvalue weighted by molar-refractivity contribution is 0.731. The summed E-state index contributed by atoms with van der Waals surface area (Å²) in [7, 11) is 0. The summed E-state index contributed by atoms with van der Waals surface area (Å²) < 4.78 is 1.13. The van der Waals surface area contributed by atoms with Gasteiger partial charge in [-0.2, -0.15) is 0 Å². The molecule has 2 aromatic rings. The Hall–Kier alpha value is -0.360. The SMILES string of the molecule is CCNCc1sc(CSc2cccc(Br)c2)nc1C. The van der Waals surface area contributed by atoms with Crippen molar-refractivity contribution in [2.45, 2.75) is 31.0 Å². The highest BCUT2D eigenvalue weighted by Crippen LogP contribution is 2.28. The van der Waals surface area contributed by atoms with E-state index in [0.717, 1.165) is 29.0 Å². The highest BCUT2D eigenvalue weighted by atomic mass is 79.9. The molecule has 1 aromatic carbocycles. The molecule has 0 aliphatic carbocycles. The minimum absolute atomic E-state index is 0.932. The third-order valence-electron chi connectivity index (χ3n) is 2.63. The van der Waals surface area contributed by atoms with Gasteiger partial charge in [-0.25, -0.2) is 4.98 Å². The average molecular weight is 357 g/mol. The second-order valence-corrected chi connectivity index (χ2v) is 7.28. The number of halogens is 1. The van der Waals surface area contributed by atoms with Gasteiger partial charge in [-0.05, 0) is 31.7 Å². The molecule has 0 bridgehead atoms. The molecule has 0 saturated heterocycles. The van der Waals surface area contributed by atoms with Crippen LogP contribution in [-0.2, 0) is 12.3 Å². The van der Waals surface area contributed by atoms with Crippen molar-refractivity contribution in [2.75, 3.05) is 6.54 Å². The van der Waals surface area contributed by atoms with E-state index in [2.05, 4.69) is 58.3 Å². The second kappa shape index (κ2) is 7.43. The summed E-state index contributed by atoms with van der Waals surface area (Å²) in [5.74, 6) is 0.939. The fraction of sp³-hybridized carbons (Fsp3) is 0.357. The van der Waals surface area contributed by atoms with E-state index in [0.29, 0.717) is 0 Å². The molecular formula is C14H17BrN2S2. The Kier molecular flexibility index (Phi) is 5.88. The van der Waals surface area contributed by atoms with E-state index in [4.69, 9.17) is 0 Å². The Balaban J connectivity index is 1.96. The van der Waals surface area contributed by atoms with Crippen LogP contribution in [0.25, 0.3) is 0 Å². The lowest BCUT2D eigenvalue weighted by Gasteiger charge is -1.99. The lowest BCUT2D eigenvalue weighted by atomic mass is 10.4. The number of nitrogens with one attached hydrogen (secondary N) is 1. The molecule has 19 heavy (non-hydrogen) atoms. The summed E-state index contributed by atoms with van der Waals surface area (Å²) >= 11 is 7.15.